The molecule has 1 aliphatic heterocycles. The quantitative estimate of drug-likeness (QED) is 0.607. The van der Waals surface area contributed by atoms with Crippen LogP contribution in [0.15, 0.2) is 49.1 Å². The molecule has 0 bridgehead atoms. The highest BCUT2D eigenvalue weighted by molar-refractivity contribution is 6.07. The summed E-state index contributed by atoms with van der Waals surface area (Å²) in [6.45, 7) is 1.54. The average molecular weight is 407 g/mol. The summed E-state index contributed by atoms with van der Waals surface area (Å²) >= 11 is 0. The Labute approximate surface area is 173 Å². The molecule has 1 saturated heterocycles. The molecule has 0 unspecified atom stereocenters. The SMILES string of the molecule is Nc1ccc(-c2ccncc2F)nc1C(=O)Nc1cnccc1N1CCC[C@H](N)C1. The van der Waals surface area contributed by atoms with E-state index >= 15 is 0 Å². The Bertz CT molecular complexity index is 1070. The van der Waals surface area contributed by atoms with Crippen LogP contribution in [0, 0.1) is 5.82 Å². The van der Waals surface area contributed by atoms with Crippen molar-refractivity contribution in [2.75, 3.05) is 29.0 Å². The Morgan fingerprint density at radius 1 is 1.17 bits per heavy atom. The highest BCUT2D eigenvalue weighted by Crippen LogP contribution is 2.28. The number of nitrogens with two attached hydrogens (primary N) is 2. The second kappa shape index (κ2) is 8.42. The minimum absolute atomic E-state index is 0.00820. The Hall–Kier alpha value is -3.59. The predicted octanol–water partition coefficient (Wildman–Crippen LogP) is 2.44. The molecule has 3 aromatic heterocycles. The molecule has 3 aromatic rings. The molecule has 1 amide bonds. The normalized spacial score (nSPS) is 16.3. The Balaban J connectivity index is 1.62. The number of carbonyl (C=O) groups excluding carboxylic acids is 1. The lowest BCUT2D eigenvalue weighted by molar-refractivity contribution is 0.102. The molecule has 0 aromatic carbocycles. The first-order valence-corrected chi connectivity index (χ1v) is 9.65. The first kappa shape index (κ1) is 19.7. The largest absolute Gasteiger partial charge is 0.397 e. The Kier molecular flexibility index (Phi) is 5.53. The van der Waals surface area contributed by atoms with E-state index in [2.05, 4.69) is 25.2 Å². The molecule has 1 aliphatic rings. The third-order valence-corrected chi connectivity index (χ3v) is 5.03. The third kappa shape index (κ3) is 4.06. The van der Waals surface area contributed by atoms with E-state index in [-0.39, 0.29) is 23.0 Å². The fraction of sp³-hybridized carbons (Fsp3) is 0.238. The molecule has 5 N–H and O–H groups in total. The standard InChI is InChI=1S/C21H22FN7O/c22-15-10-25-7-5-14(15)17-4-3-16(24)20(27-17)21(30)28-18-11-26-8-6-19(18)29-9-1-2-13(23)12-29/h3-8,10-11,13H,1-2,9,12,23-24H2,(H,28,30)/t13-/m0/s1. The van der Waals surface area contributed by atoms with Crippen LogP contribution in [0.2, 0.25) is 0 Å². The third-order valence-electron chi connectivity index (χ3n) is 5.03. The van der Waals surface area contributed by atoms with Crippen molar-refractivity contribution in [3.8, 4) is 11.3 Å². The smallest absolute Gasteiger partial charge is 0.276 e. The van der Waals surface area contributed by atoms with Crippen LogP contribution in [0.3, 0.4) is 0 Å². The summed E-state index contributed by atoms with van der Waals surface area (Å²) in [5.74, 6) is -1.03. The van der Waals surface area contributed by atoms with Gasteiger partial charge in [0, 0.05) is 37.1 Å². The average Bonchev–Trinajstić information content (AvgIpc) is 2.75. The summed E-state index contributed by atoms with van der Waals surface area (Å²) < 4.78 is 14.1. The van der Waals surface area contributed by atoms with Gasteiger partial charge in [-0.25, -0.2) is 9.37 Å². The van der Waals surface area contributed by atoms with Crippen molar-refractivity contribution in [2.24, 2.45) is 5.73 Å². The molecule has 154 valence electrons. The van der Waals surface area contributed by atoms with Crippen LogP contribution >= 0.6 is 0 Å². The molecular formula is C21H22FN7O. The van der Waals surface area contributed by atoms with Crippen molar-refractivity contribution >= 4 is 23.0 Å². The van der Waals surface area contributed by atoms with E-state index in [0.717, 1.165) is 31.3 Å². The number of pyridine rings is 3. The van der Waals surface area contributed by atoms with Gasteiger partial charge in [0.15, 0.2) is 11.5 Å². The molecule has 9 heteroatoms. The number of nitrogen functional groups attached to an aromatic ring is 1. The van der Waals surface area contributed by atoms with Gasteiger partial charge in [0.25, 0.3) is 5.91 Å². The number of nitrogens with zero attached hydrogens (tertiary/aromatic N) is 4. The molecule has 0 aliphatic carbocycles. The summed E-state index contributed by atoms with van der Waals surface area (Å²) in [6.07, 6.45) is 7.76. The highest BCUT2D eigenvalue weighted by atomic mass is 19.1. The van der Waals surface area contributed by atoms with Crippen LogP contribution < -0.4 is 21.7 Å². The number of nitrogens with one attached hydrogen (secondary N) is 1. The molecule has 1 atom stereocenters. The van der Waals surface area contributed by atoms with Crippen LogP contribution in [0.1, 0.15) is 23.3 Å². The molecular weight excluding hydrogens is 385 g/mol. The zero-order valence-electron chi connectivity index (χ0n) is 16.3. The molecule has 0 saturated carbocycles. The van der Waals surface area contributed by atoms with Crippen molar-refractivity contribution in [3.05, 3.63) is 60.6 Å². The van der Waals surface area contributed by atoms with Crippen molar-refractivity contribution in [1.29, 1.82) is 0 Å². The van der Waals surface area contributed by atoms with Gasteiger partial charge < -0.3 is 21.7 Å². The molecule has 8 nitrogen and oxygen atoms in total. The highest BCUT2D eigenvalue weighted by Gasteiger charge is 2.21. The molecule has 4 rings (SSSR count). The van der Waals surface area contributed by atoms with Crippen molar-refractivity contribution in [3.63, 3.8) is 0 Å². The van der Waals surface area contributed by atoms with Gasteiger partial charge in [0.1, 0.15) is 0 Å². The Morgan fingerprint density at radius 3 is 2.77 bits per heavy atom. The number of amides is 1. The van der Waals surface area contributed by atoms with Gasteiger partial charge in [0.05, 0.1) is 35.1 Å². The number of carbonyl (C=O) groups is 1. The lowest BCUT2D eigenvalue weighted by atomic mass is 10.1. The first-order valence-electron chi connectivity index (χ1n) is 9.65. The van der Waals surface area contributed by atoms with Gasteiger partial charge in [0.2, 0.25) is 0 Å². The maximum Gasteiger partial charge on any atom is 0.276 e. The zero-order valence-corrected chi connectivity index (χ0v) is 16.3. The molecule has 0 spiro atoms. The van der Waals surface area contributed by atoms with Crippen LogP contribution in [-0.2, 0) is 0 Å². The number of halogens is 1. The summed E-state index contributed by atoms with van der Waals surface area (Å²) in [5, 5.41) is 2.84. The predicted molar refractivity (Wildman–Crippen MR) is 113 cm³/mol. The van der Waals surface area contributed by atoms with E-state index in [0.29, 0.717) is 17.9 Å². The number of anilines is 3. The van der Waals surface area contributed by atoms with Crippen LogP contribution in [0.25, 0.3) is 11.3 Å². The minimum Gasteiger partial charge on any atom is -0.397 e. The van der Waals surface area contributed by atoms with Gasteiger partial charge in [-0.15, -0.1) is 0 Å². The van der Waals surface area contributed by atoms with Crippen molar-refractivity contribution in [1.82, 2.24) is 15.0 Å². The minimum atomic E-state index is -0.530. The molecule has 30 heavy (non-hydrogen) atoms. The lowest BCUT2D eigenvalue weighted by Crippen LogP contribution is -2.43. The second-order valence-electron chi connectivity index (χ2n) is 7.19. The maximum atomic E-state index is 14.1. The van der Waals surface area contributed by atoms with Gasteiger partial charge >= 0.3 is 0 Å². The van der Waals surface area contributed by atoms with Crippen LogP contribution in [0.5, 0.6) is 0 Å². The summed E-state index contributed by atoms with van der Waals surface area (Å²) in [6, 6.07) is 6.52. The van der Waals surface area contributed by atoms with E-state index in [9.17, 15) is 9.18 Å². The first-order chi connectivity index (χ1) is 14.5. The van der Waals surface area contributed by atoms with E-state index in [1.54, 1.807) is 18.5 Å². The zero-order chi connectivity index (χ0) is 21.1. The number of hydrogen-bond acceptors (Lipinski definition) is 7. The maximum absolute atomic E-state index is 14.1. The van der Waals surface area contributed by atoms with E-state index in [1.165, 1.54) is 18.3 Å². The van der Waals surface area contributed by atoms with E-state index < -0.39 is 11.7 Å². The number of hydrogen-bond donors (Lipinski definition) is 3. The van der Waals surface area contributed by atoms with E-state index in [1.807, 2.05) is 6.07 Å². The van der Waals surface area contributed by atoms with Gasteiger partial charge in [-0.1, -0.05) is 0 Å². The fourth-order valence-corrected chi connectivity index (χ4v) is 3.55. The molecule has 0 radical (unpaired) electrons. The van der Waals surface area contributed by atoms with Gasteiger partial charge in [-0.2, -0.15) is 0 Å². The molecule has 4 heterocycles. The number of aromatic nitrogens is 3. The number of piperidine rings is 1. The molecule has 1 fully saturated rings. The van der Waals surface area contributed by atoms with Crippen LogP contribution in [-0.4, -0.2) is 40.0 Å². The summed E-state index contributed by atoms with van der Waals surface area (Å²) in [4.78, 5) is 27.3. The lowest BCUT2D eigenvalue weighted by Gasteiger charge is -2.33. The monoisotopic (exact) mass is 407 g/mol. The van der Waals surface area contributed by atoms with Crippen molar-refractivity contribution in [2.45, 2.75) is 18.9 Å². The summed E-state index contributed by atoms with van der Waals surface area (Å²) in [7, 11) is 0. The van der Waals surface area contributed by atoms with Gasteiger partial charge in [-0.05, 0) is 37.1 Å². The van der Waals surface area contributed by atoms with E-state index in [4.69, 9.17) is 11.5 Å². The number of rotatable bonds is 4. The van der Waals surface area contributed by atoms with Crippen LogP contribution in [0.4, 0.5) is 21.5 Å². The van der Waals surface area contributed by atoms with Gasteiger partial charge in [-0.3, -0.25) is 14.8 Å². The second-order valence-corrected chi connectivity index (χ2v) is 7.19. The van der Waals surface area contributed by atoms with Crippen molar-refractivity contribution < 1.29 is 9.18 Å². The fourth-order valence-electron chi connectivity index (χ4n) is 3.55. The topological polar surface area (TPSA) is 123 Å². The Morgan fingerprint density at radius 2 is 1.97 bits per heavy atom. The summed E-state index contributed by atoms with van der Waals surface area (Å²) in [5.41, 5.74) is 14.2.